The minimum atomic E-state index is -0.474. The first-order chi connectivity index (χ1) is 8.66. The average molecular weight is 253 g/mol. The van der Waals surface area contributed by atoms with Gasteiger partial charge in [0.25, 0.3) is 5.69 Å². The smallest absolute Gasteiger partial charge is 0.288 e. The largest absolute Gasteiger partial charge is 0.475 e. The SMILES string of the molecule is Cc1cc([N+](=O)[O-])cnc1OCC1CNCCO1. The Labute approximate surface area is 104 Å². The van der Waals surface area contributed by atoms with Crippen LogP contribution < -0.4 is 10.1 Å². The standard InChI is InChI=1S/C11H15N3O4/c1-8-4-9(14(15)16)5-13-11(8)18-7-10-6-12-2-3-17-10/h4-5,10,12H,2-3,6-7H2,1H3. The molecule has 18 heavy (non-hydrogen) atoms. The van der Waals surface area contributed by atoms with Crippen molar-refractivity contribution in [2.45, 2.75) is 13.0 Å². The van der Waals surface area contributed by atoms with Crippen LogP contribution in [0.2, 0.25) is 0 Å². The number of ether oxygens (including phenoxy) is 2. The molecule has 1 aliphatic heterocycles. The van der Waals surface area contributed by atoms with Crippen LogP contribution >= 0.6 is 0 Å². The highest BCUT2D eigenvalue weighted by Crippen LogP contribution is 2.20. The van der Waals surface area contributed by atoms with Gasteiger partial charge in [-0.15, -0.1) is 0 Å². The predicted molar refractivity (Wildman–Crippen MR) is 63.7 cm³/mol. The Morgan fingerprint density at radius 2 is 2.56 bits per heavy atom. The average Bonchev–Trinajstić information content (AvgIpc) is 2.38. The van der Waals surface area contributed by atoms with Gasteiger partial charge in [0.15, 0.2) is 0 Å². The minimum Gasteiger partial charge on any atom is -0.475 e. The van der Waals surface area contributed by atoms with Crippen LogP contribution in [0.5, 0.6) is 5.88 Å². The predicted octanol–water partition coefficient (Wildman–Crippen LogP) is 0.665. The Bertz CT molecular complexity index is 432. The highest BCUT2D eigenvalue weighted by molar-refractivity contribution is 5.36. The highest BCUT2D eigenvalue weighted by atomic mass is 16.6. The molecule has 0 spiro atoms. The number of pyridine rings is 1. The molecule has 98 valence electrons. The summed E-state index contributed by atoms with van der Waals surface area (Å²) in [5.74, 6) is 0.412. The van der Waals surface area contributed by atoms with Gasteiger partial charge in [0.1, 0.15) is 18.9 Å². The zero-order valence-corrected chi connectivity index (χ0v) is 10.1. The Kier molecular flexibility index (Phi) is 4.06. The molecule has 0 amide bonds. The summed E-state index contributed by atoms with van der Waals surface area (Å²) in [4.78, 5) is 14.0. The summed E-state index contributed by atoms with van der Waals surface area (Å²) in [6.07, 6.45) is 1.19. The molecule has 0 radical (unpaired) electrons. The van der Waals surface area contributed by atoms with E-state index in [1.807, 2.05) is 0 Å². The second-order valence-corrected chi connectivity index (χ2v) is 4.08. The van der Waals surface area contributed by atoms with Crippen LogP contribution in [-0.4, -0.2) is 42.3 Å². The van der Waals surface area contributed by atoms with Crippen LogP contribution in [0, 0.1) is 17.0 Å². The Balaban J connectivity index is 1.94. The van der Waals surface area contributed by atoms with E-state index in [0.717, 1.165) is 13.1 Å². The lowest BCUT2D eigenvalue weighted by Gasteiger charge is -2.23. The minimum absolute atomic E-state index is 0.00450. The number of nitrogens with zero attached hydrogens (tertiary/aromatic N) is 2. The number of rotatable bonds is 4. The van der Waals surface area contributed by atoms with Crippen LogP contribution in [0.4, 0.5) is 5.69 Å². The van der Waals surface area contributed by atoms with E-state index < -0.39 is 4.92 Å². The van der Waals surface area contributed by atoms with E-state index in [9.17, 15) is 10.1 Å². The van der Waals surface area contributed by atoms with Crippen molar-refractivity contribution >= 4 is 5.69 Å². The third kappa shape index (κ3) is 3.14. The number of morpholine rings is 1. The van der Waals surface area contributed by atoms with Crippen molar-refractivity contribution in [2.75, 3.05) is 26.3 Å². The van der Waals surface area contributed by atoms with Crippen LogP contribution in [0.15, 0.2) is 12.3 Å². The molecular formula is C11H15N3O4. The summed E-state index contributed by atoms with van der Waals surface area (Å²) in [6, 6.07) is 1.45. The Hall–Kier alpha value is -1.73. The maximum absolute atomic E-state index is 10.6. The van der Waals surface area contributed by atoms with E-state index >= 15 is 0 Å². The first-order valence-corrected chi connectivity index (χ1v) is 5.73. The van der Waals surface area contributed by atoms with Gasteiger partial charge in [-0.1, -0.05) is 0 Å². The fourth-order valence-electron chi connectivity index (χ4n) is 1.70. The van der Waals surface area contributed by atoms with Gasteiger partial charge < -0.3 is 14.8 Å². The van der Waals surface area contributed by atoms with Crippen molar-refractivity contribution in [3.63, 3.8) is 0 Å². The van der Waals surface area contributed by atoms with E-state index in [1.54, 1.807) is 6.92 Å². The van der Waals surface area contributed by atoms with Gasteiger partial charge in [-0.3, -0.25) is 10.1 Å². The molecule has 7 nitrogen and oxygen atoms in total. The fraction of sp³-hybridized carbons (Fsp3) is 0.545. The molecule has 1 atom stereocenters. The summed E-state index contributed by atoms with van der Waals surface area (Å²) in [6.45, 7) is 4.38. The monoisotopic (exact) mass is 253 g/mol. The zero-order chi connectivity index (χ0) is 13.0. The molecule has 7 heteroatoms. The van der Waals surface area contributed by atoms with Gasteiger partial charge in [-0.05, 0) is 6.92 Å². The maximum Gasteiger partial charge on any atom is 0.288 e. The summed E-state index contributed by atoms with van der Waals surface area (Å²) in [5.41, 5.74) is 0.614. The van der Waals surface area contributed by atoms with E-state index in [-0.39, 0.29) is 11.8 Å². The molecule has 0 aliphatic carbocycles. The van der Waals surface area contributed by atoms with Gasteiger partial charge >= 0.3 is 0 Å². The normalized spacial score (nSPS) is 19.5. The fourth-order valence-corrected chi connectivity index (χ4v) is 1.70. The Morgan fingerprint density at radius 1 is 1.72 bits per heavy atom. The van der Waals surface area contributed by atoms with E-state index in [0.29, 0.717) is 24.7 Å². The number of nitrogens with one attached hydrogen (secondary N) is 1. The molecule has 1 aliphatic rings. The number of hydrogen-bond donors (Lipinski definition) is 1. The van der Waals surface area contributed by atoms with Crippen LogP contribution in [0.3, 0.4) is 0 Å². The number of nitro groups is 1. The molecule has 1 N–H and O–H groups in total. The van der Waals surface area contributed by atoms with Crippen molar-refractivity contribution in [3.05, 3.63) is 27.9 Å². The van der Waals surface area contributed by atoms with Gasteiger partial charge in [-0.25, -0.2) is 4.98 Å². The topological polar surface area (TPSA) is 86.5 Å². The second-order valence-electron chi connectivity index (χ2n) is 4.08. The second kappa shape index (κ2) is 5.74. The molecule has 0 saturated carbocycles. The summed E-state index contributed by atoms with van der Waals surface area (Å²) < 4.78 is 11.0. The molecule has 1 saturated heterocycles. The van der Waals surface area contributed by atoms with Crippen molar-refractivity contribution in [2.24, 2.45) is 0 Å². The number of aryl methyl sites for hydroxylation is 1. The van der Waals surface area contributed by atoms with Crippen molar-refractivity contribution in [1.82, 2.24) is 10.3 Å². The first kappa shape index (κ1) is 12.7. The lowest BCUT2D eigenvalue weighted by atomic mass is 10.3. The molecule has 2 heterocycles. The maximum atomic E-state index is 10.6. The molecule has 0 bridgehead atoms. The molecule has 1 fully saturated rings. The summed E-state index contributed by atoms with van der Waals surface area (Å²) in [5, 5.41) is 13.8. The van der Waals surface area contributed by atoms with Gasteiger partial charge in [0, 0.05) is 24.7 Å². The van der Waals surface area contributed by atoms with Crippen LogP contribution in [0.1, 0.15) is 5.56 Å². The molecule has 1 aromatic rings. The first-order valence-electron chi connectivity index (χ1n) is 5.73. The quantitative estimate of drug-likeness (QED) is 0.626. The molecule has 1 unspecified atom stereocenters. The zero-order valence-electron chi connectivity index (χ0n) is 10.1. The van der Waals surface area contributed by atoms with Crippen LogP contribution in [-0.2, 0) is 4.74 Å². The summed E-state index contributed by atoms with van der Waals surface area (Å²) in [7, 11) is 0. The van der Waals surface area contributed by atoms with Crippen molar-refractivity contribution in [3.8, 4) is 5.88 Å². The Morgan fingerprint density at radius 3 is 3.17 bits per heavy atom. The van der Waals surface area contributed by atoms with Gasteiger partial charge in [-0.2, -0.15) is 0 Å². The third-order valence-electron chi connectivity index (χ3n) is 2.64. The third-order valence-corrected chi connectivity index (χ3v) is 2.64. The molecule has 1 aromatic heterocycles. The lowest BCUT2D eigenvalue weighted by Crippen LogP contribution is -2.41. The van der Waals surface area contributed by atoms with Gasteiger partial charge in [0.2, 0.25) is 5.88 Å². The van der Waals surface area contributed by atoms with Gasteiger partial charge in [0.05, 0.1) is 11.5 Å². The van der Waals surface area contributed by atoms with Crippen LogP contribution in [0.25, 0.3) is 0 Å². The van der Waals surface area contributed by atoms with E-state index in [2.05, 4.69) is 10.3 Å². The van der Waals surface area contributed by atoms with Crippen molar-refractivity contribution in [1.29, 1.82) is 0 Å². The number of aromatic nitrogens is 1. The highest BCUT2D eigenvalue weighted by Gasteiger charge is 2.16. The van der Waals surface area contributed by atoms with E-state index in [4.69, 9.17) is 9.47 Å². The van der Waals surface area contributed by atoms with Crippen molar-refractivity contribution < 1.29 is 14.4 Å². The molecule has 0 aromatic carbocycles. The van der Waals surface area contributed by atoms with E-state index in [1.165, 1.54) is 12.3 Å². The molecular weight excluding hydrogens is 238 g/mol. The summed E-state index contributed by atoms with van der Waals surface area (Å²) >= 11 is 0. The molecule has 2 rings (SSSR count). The lowest BCUT2D eigenvalue weighted by molar-refractivity contribution is -0.385. The number of hydrogen-bond acceptors (Lipinski definition) is 6.